The Balaban J connectivity index is 1.73. The van der Waals surface area contributed by atoms with Crippen LogP contribution in [-0.4, -0.2) is 36.4 Å². The number of rotatable bonds is 3. The molecule has 1 unspecified atom stereocenters. The maximum atomic E-state index is 14.8. The highest BCUT2D eigenvalue weighted by molar-refractivity contribution is 7.90. The second kappa shape index (κ2) is 6.78. The Morgan fingerprint density at radius 3 is 2.66 bits per heavy atom. The van der Waals surface area contributed by atoms with Crippen molar-refractivity contribution >= 4 is 26.5 Å². The van der Waals surface area contributed by atoms with Crippen LogP contribution >= 0.6 is 0 Å². The quantitative estimate of drug-likeness (QED) is 0.638. The molecule has 7 heteroatoms. The van der Waals surface area contributed by atoms with Gasteiger partial charge < -0.3 is 0 Å². The van der Waals surface area contributed by atoms with Gasteiger partial charge in [0.05, 0.1) is 4.90 Å². The lowest BCUT2D eigenvalue weighted by atomic mass is 9.94. The van der Waals surface area contributed by atoms with Crippen LogP contribution in [-0.2, 0) is 10.0 Å². The van der Waals surface area contributed by atoms with Gasteiger partial charge in [-0.05, 0) is 49.6 Å². The van der Waals surface area contributed by atoms with E-state index in [0.717, 1.165) is 48.0 Å². The molecule has 2 aromatic carbocycles. The number of benzene rings is 2. The molecule has 1 atom stereocenters. The Morgan fingerprint density at radius 1 is 1.07 bits per heavy atom. The van der Waals surface area contributed by atoms with Crippen molar-refractivity contribution < 1.29 is 17.2 Å². The lowest BCUT2D eigenvalue weighted by Crippen LogP contribution is -2.32. The van der Waals surface area contributed by atoms with Gasteiger partial charge in [0.2, 0.25) is 0 Å². The van der Waals surface area contributed by atoms with Gasteiger partial charge in [-0.25, -0.2) is 21.2 Å². The Hall–Kier alpha value is -2.51. The van der Waals surface area contributed by atoms with Gasteiger partial charge in [0.1, 0.15) is 11.3 Å². The number of fused-ring (bicyclic) bond motifs is 2. The van der Waals surface area contributed by atoms with Gasteiger partial charge in [-0.2, -0.15) is 0 Å². The van der Waals surface area contributed by atoms with E-state index in [2.05, 4.69) is 11.0 Å². The molecule has 4 nitrogen and oxygen atoms in total. The first kappa shape index (κ1) is 18.5. The van der Waals surface area contributed by atoms with E-state index in [4.69, 9.17) is 0 Å². The topological polar surface area (TPSA) is 42.3 Å². The summed E-state index contributed by atoms with van der Waals surface area (Å²) in [7, 11) is -4.02. The SMILES string of the molecule is O=S(=O)(c1ccccc1)n1cc(C2=CCN3CCCC3C2)c2cc(F)cc(F)c21. The second-order valence-corrected chi connectivity index (χ2v) is 9.48. The number of hydrogen-bond acceptors (Lipinski definition) is 3. The average Bonchev–Trinajstić information content (AvgIpc) is 3.33. The Morgan fingerprint density at radius 2 is 1.86 bits per heavy atom. The van der Waals surface area contributed by atoms with Gasteiger partial charge in [-0.15, -0.1) is 0 Å². The Kier molecular flexibility index (Phi) is 4.33. The van der Waals surface area contributed by atoms with Crippen molar-refractivity contribution in [3.8, 4) is 0 Å². The summed E-state index contributed by atoms with van der Waals surface area (Å²) in [6.07, 6.45) is 6.48. The first-order valence-electron chi connectivity index (χ1n) is 9.69. The molecule has 3 aromatic rings. The summed E-state index contributed by atoms with van der Waals surface area (Å²) in [5, 5.41) is 0.291. The summed E-state index contributed by atoms with van der Waals surface area (Å²) < 4.78 is 56.3. The second-order valence-electron chi connectivity index (χ2n) is 7.66. The molecule has 0 N–H and O–H groups in total. The van der Waals surface area contributed by atoms with Crippen LogP contribution in [0.3, 0.4) is 0 Å². The van der Waals surface area contributed by atoms with Crippen molar-refractivity contribution in [2.45, 2.75) is 30.2 Å². The highest BCUT2D eigenvalue weighted by atomic mass is 32.2. The highest BCUT2D eigenvalue weighted by Crippen LogP contribution is 2.38. The smallest absolute Gasteiger partial charge is 0.268 e. The lowest BCUT2D eigenvalue weighted by molar-refractivity contribution is 0.275. The fraction of sp³-hybridized carbons (Fsp3) is 0.273. The third-order valence-electron chi connectivity index (χ3n) is 5.96. The van der Waals surface area contributed by atoms with Gasteiger partial charge in [0.15, 0.2) is 5.82 Å². The Labute approximate surface area is 168 Å². The van der Waals surface area contributed by atoms with E-state index in [0.29, 0.717) is 17.0 Å². The molecule has 0 saturated carbocycles. The molecule has 150 valence electrons. The maximum absolute atomic E-state index is 14.8. The first-order chi connectivity index (χ1) is 13.9. The fourth-order valence-corrected chi connectivity index (χ4v) is 5.95. The molecular formula is C22H20F2N2O2S. The summed E-state index contributed by atoms with van der Waals surface area (Å²) in [6, 6.07) is 10.3. The summed E-state index contributed by atoms with van der Waals surface area (Å²) in [5.74, 6) is -1.60. The maximum Gasteiger partial charge on any atom is 0.268 e. The van der Waals surface area contributed by atoms with E-state index in [1.54, 1.807) is 18.2 Å². The zero-order valence-electron chi connectivity index (χ0n) is 15.7. The molecule has 1 aromatic heterocycles. The van der Waals surface area contributed by atoms with Crippen LogP contribution in [0.15, 0.2) is 59.6 Å². The number of hydrogen-bond donors (Lipinski definition) is 0. The average molecular weight is 414 g/mol. The van der Waals surface area contributed by atoms with E-state index in [1.165, 1.54) is 24.4 Å². The standard InChI is InChI=1S/C22H20F2N2O2S/c23-16-12-19-20(15-8-10-25-9-4-5-17(25)11-15)14-26(22(19)21(24)13-16)29(27,28)18-6-2-1-3-7-18/h1-3,6-8,12-14,17H,4-5,9-11H2. The summed E-state index contributed by atoms with van der Waals surface area (Å²) in [4.78, 5) is 2.46. The van der Waals surface area contributed by atoms with Crippen LogP contribution in [0.2, 0.25) is 0 Å². The fourth-order valence-electron chi connectivity index (χ4n) is 4.55. The van der Waals surface area contributed by atoms with E-state index in [-0.39, 0.29) is 10.4 Å². The van der Waals surface area contributed by atoms with E-state index in [1.807, 2.05) is 0 Å². The van der Waals surface area contributed by atoms with Gasteiger partial charge in [0.25, 0.3) is 10.0 Å². The summed E-state index contributed by atoms with van der Waals surface area (Å²) in [6.45, 7) is 1.83. The van der Waals surface area contributed by atoms with Crippen LogP contribution in [0.4, 0.5) is 8.78 Å². The van der Waals surface area contributed by atoms with Crippen LogP contribution < -0.4 is 0 Å². The Bertz CT molecular complexity index is 1230. The van der Waals surface area contributed by atoms with E-state index in [9.17, 15) is 17.2 Å². The predicted molar refractivity (Wildman–Crippen MR) is 108 cm³/mol. The molecule has 3 heterocycles. The lowest BCUT2D eigenvalue weighted by Gasteiger charge is -2.29. The van der Waals surface area contributed by atoms with Crippen LogP contribution in [0.1, 0.15) is 24.8 Å². The molecule has 0 bridgehead atoms. The molecule has 0 spiro atoms. The minimum absolute atomic E-state index is 0.0618. The third kappa shape index (κ3) is 3.00. The molecular weight excluding hydrogens is 394 g/mol. The van der Waals surface area contributed by atoms with E-state index >= 15 is 0 Å². The molecule has 29 heavy (non-hydrogen) atoms. The molecule has 1 saturated heterocycles. The molecule has 0 amide bonds. The molecule has 0 aliphatic carbocycles. The normalized spacial score (nSPS) is 20.1. The van der Waals surface area contributed by atoms with Gasteiger partial charge in [0, 0.05) is 35.8 Å². The number of halogens is 2. The van der Waals surface area contributed by atoms with Crippen molar-refractivity contribution in [3.63, 3.8) is 0 Å². The van der Waals surface area contributed by atoms with Gasteiger partial charge in [-0.1, -0.05) is 24.3 Å². The van der Waals surface area contributed by atoms with Crippen molar-refractivity contribution in [1.82, 2.24) is 8.87 Å². The molecule has 0 radical (unpaired) electrons. The molecule has 1 fully saturated rings. The van der Waals surface area contributed by atoms with Crippen molar-refractivity contribution in [3.05, 3.63) is 71.9 Å². The summed E-state index contributed by atoms with van der Waals surface area (Å²) in [5.41, 5.74) is 1.43. The molecule has 2 aliphatic heterocycles. The highest BCUT2D eigenvalue weighted by Gasteiger charge is 2.31. The minimum atomic E-state index is -4.02. The minimum Gasteiger partial charge on any atom is -0.296 e. The van der Waals surface area contributed by atoms with Crippen LogP contribution in [0.25, 0.3) is 16.5 Å². The van der Waals surface area contributed by atoms with Crippen molar-refractivity contribution in [2.24, 2.45) is 0 Å². The zero-order valence-corrected chi connectivity index (χ0v) is 16.5. The molecule has 2 aliphatic rings. The predicted octanol–water partition coefficient (Wildman–Crippen LogP) is 4.41. The van der Waals surface area contributed by atoms with Gasteiger partial charge in [-0.3, -0.25) is 4.90 Å². The van der Waals surface area contributed by atoms with Crippen LogP contribution in [0, 0.1) is 11.6 Å². The largest absolute Gasteiger partial charge is 0.296 e. The van der Waals surface area contributed by atoms with E-state index < -0.39 is 21.7 Å². The number of nitrogens with zero attached hydrogens (tertiary/aromatic N) is 2. The monoisotopic (exact) mass is 414 g/mol. The van der Waals surface area contributed by atoms with Crippen molar-refractivity contribution in [2.75, 3.05) is 13.1 Å². The number of aromatic nitrogens is 1. The van der Waals surface area contributed by atoms with Crippen LogP contribution in [0.5, 0.6) is 0 Å². The van der Waals surface area contributed by atoms with Gasteiger partial charge >= 0.3 is 0 Å². The zero-order chi connectivity index (χ0) is 20.2. The third-order valence-corrected chi connectivity index (χ3v) is 7.63. The first-order valence-corrected chi connectivity index (χ1v) is 11.1. The summed E-state index contributed by atoms with van der Waals surface area (Å²) >= 11 is 0. The molecule has 5 rings (SSSR count). The van der Waals surface area contributed by atoms with Crippen molar-refractivity contribution in [1.29, 1.82) is 0 Å².